The van der Waals surface area contributed by atoms with E-state index in [1.54, 1.807) is 23.5 Å². The first-order valence-electron chi connectivity index (χ1n) is 5.97. The molecule has 4 heteroatoms. The summed E-state index contributed by atoms with van der Waals surface area (Å²) in [4.78, 5) is 12.4. The molecule has 0 bridgehead atoms. The Hall–Kier alpha value is -0.640. The van der Waals surface area contributed by atoms with E-state index in [-0.39, 0.29) is 5.78 Å². The first-order valence-corrected chi connectivity index (χ1v) is 8.80. The summed E-state index contributed by atoms with van der Waals surface area (Å²) in [6.45, 7) is 0. The predicted molar refractivity (Wildman–Crippen MR) is 87.7 cm³/mol. The summed E-state index contributed by atoms with van der Waals surface area (Å²) in [7, 11) is 0. The molecule has 0 unspecified atom stereocenters. The van der Waals surface area contributed by atoms with E-state index in [1.165, 1.54) is 0 Å². The van der Waals surface area contributed by atoms with Crippen LogP contribution in [0.15, 0.2) is 39.6 Å². The number of thioether (sulfide) groups is 2. The lowest BCUT2D eigenvalue weighted by atomic mass is 10.1. The highest BCUT2D eigenvalue weighted by molar-refractivity contribution is 8.21. The van der Waals surface area contributed by atoms with Gasteiger partial charge in [0.25, 0.3) is 0 Å². The standard InChI is InChI=1S/C15H15ClOS2/c1-18-15(19-2)13-8-5-11(14(13)17)9-10-3-6-12(16)7-4-10/h3-4,6-7,9H,5,8H2,1-2H3/b11-9-. The number of rotatable bonds is 3. The number of Topliss-reactive ketones (excluding diaryl/α,β-unsaturated/α-hetero) is 1. The molecule has 1 aliphatic rings. The fourth-order valence-corrected chi connectivity index (χ4v) is 3.78. The molecule has 0 aromatic heterocycles. The second-order valence-electron chi connectivity index (χ2n) is 4.22. The Balaban J connectivity index is 2.27. The molecule has 19 heavy (non-hydrogen) atoms. The molecular formula is C15H15ClOS2. The van der Waals surface area contributed by atoms with Gasteiger partial charge in [-0.2, -0.15) is 0 Å². The molecule has 1 aliphatic carbocycles. The van der Waals surface area contributed by atoms with Crippen molar-refractivity contribution in [3.8, 4) is 0 Å². The highest BCUT2D eigenvalue weighted by Gasteiger charge is 2.25. The van der Waals surface area contributed by atoms with Gasteiger partial charge in [0.05, 0.1) is 0 Å². The normalized spacial score (nSPS) is 17.3. The molecule has 0 radical (unpaired) electrons. The lowest BCUT2D eigenvalue weighted by Crippen LogP contribution is -1.97. The summed E-state index contributed by atoms with van der Waals surface area (Å²) < 4.78 is 1.14. The fourth-order valence-electron chi connectivity index (χ4n) is 2.10. The zero-order chi connectivity index (χ0) is 13.8. The van der Waals surface area contributed by atoms with E-state index < -0.39 is 0 Å². The van der Waals surface area contributed by atoms with Crippen molar-refractivity contribution in [3.63, 3.8) is 0 Å². The van der Waals surface area contributed by atoms with E-state index in [4.69, 9.17) is 11.6 Å². The second-order valence-corrected chi connectivity index (χ2v) is 6.55. The molecule has 0 amide bonds. The third-order valence-electron chi connectivity index (χ3n) is 3.04. The lowest BCUT2D eigenvalue weighted by Gasteiger charge is -2.03. The molecule has 0 spiro atoms. The molecule has 2 rings (SSSR count). The first-order chi connectivity index (χ1) is 9.15. The zero-order valence-corrected chi connectivity index (χ0v) is 13.3. The Kier molecular flexibility index (Phi) is 5.20. The van der Waals surface area contributed by atoms with E-state index in [0.29, 0.717) is 5.02 Å². The van der Waals surface area contributed by atoms with E-state index >= 15 is 0 Å². The van der Waals surface area contributed by atoms with Crippen LogP contribution in [0.4, 0.5) is 0 Å². The maximum atomic E-state index is 12.4. The van der Waals surface area contributed by atoms with Crippen LogP contribution in [0.3, 0.4) is 0 Å². The molecule has 0 N–H and O–H groups in total. The zero-order valence-electron chi connectivity index (χ0n) is 10.9. The van der Waals surface area contributed by atoms with Crippen molar-refractivity contribution in [2.75, 3.05) is 12.5 Å². The molecule has 0 atom stereocenters. The summed E-state index contributed by atoms with van der Waals surface area (Å²) >= 11 is 9.18. The fraction of sp³-hybridized carbons (Fsp3) is 0.267. The smallest absolute Gasteiger partial charge is 0.186 e. The molecule has 1 aromatic carbocycles. The SMILES string of the molecule is CSC(SC)=C1CC/C(=C/c2ccc(Cl)cc2)C1=O. The maximum Gasteiger partial charge on any atom is 0.186 e. The van der Waals surface area contributed by atoms with Crippen LogP contribution in [0.2, 0.25) is 5.02 Å². The van der Waals surface area contributed by atoms with Gasteiger partial charge in [-0.15, -0.1) is 23.5 Å². The Bertz CT molecular complexity index is 538. The van der Waals surface area contributed by atoms with Gasteiger partial charge in [-0.3, -0.25) is 4.79 Å². The van der Waals surface area contributed by atoms with E-state index in [9.17, 15) is 4.79 Å². The number of halogens is 1. The molecule has 0 heterocycles. The van der Waals surface area contributed by atoms with Gasteiger partial charge in [-0.05, 0) is 49.1 Å². The number of hydrogen-bond donors (Lipinski definition) is 0. The molecule has 1 aromatic rings. The van der Waals surface area contributed by atoms with Crippen LogP contribution in [0.5, 0.6) is 0 Å². The Labute approximate surface area is 127 Å². The number of ketones is 1. The predicted octanol–water partition coefficient (Wildman–Crippen LogP) is 5.02. The monoisotopic (exact) mass is 310 g/mol. The molecule has 0 aliphatic heterocycles. The highest BCUT2D eigenvalue weighted by atomic mass is 35.5. The van der Waals surface area contributed by atoms with E-state index in [0.717, 1.165) is 33.8 Å². The van der Waals surface area contributed by atoms with Crippen LogP contribution < -0.4 is 0 Å². The van der Waals surface area contributed by atoms with Crippen LogP contribution in [0.25, 0.3) is 6.08 Å². The lowest BCUT2D eigenvalue weighted by molar-refractivity contribution is -0.111. The molecule has 1 fully saturated rings. The molecule has 0 saturated heterocycles. The molecule has 100 valence electrons. The Morgan fingerprint density at radius 3 is 2.37 bits per heavy atom. The average Bonchev–Trinajstić information content (AvgIpc) is 2.76. The van der Waals surface area contributed by atoms with Crippen LogP contribution >= 0.6 is 35.1 Å². The molecule has 1 nitrogen and oxygen atoms in total. The summed E-state index contributed by atoms with van der Waals surface area (Å²) in [5, 5.41) is 0.715. The molecular weight excluding hydrogens is 296 g/mol. The highest BCUT2D eigenvalue weighted by Crippen LogP contribution is 2.37. The topological polar surface area (TPSA) is 17.1 Å². The first kappa shape index (κ1) is 14.8. The quantitative estimate of drug-likeness (QED) is 0.729. The minimum Gasteiger partial charge on any atom is -0.289 e. The van der Waals surface area contributed by atoms with Crippen molar-refractivity contribution in [3.05, 3.63) is 50.2 Å². The molecule has 1 saturated carbocycles. The Morgan fingerprint density at radius 1 is 1.16 bits per heavy atom. The van der Waals surface area contributed by atoms with Gasteiger partial charge in [0, 0.05) is 20.4 Å². The number of allylic oxidation sites excluding steroid dienone is 2. The van der Waals surface area contributed by atoms with E-state index in [2.05, 4.69) is 0 Å². The maximum absolute atomic E-state index is 12.4. The summed E-state index contributed by atoms with van der Waals surface area (Å²) in [5.41, 5.74) is 2.90. The number of benzene rings is 1. The number of carbonyl (C=O) groups is 1. The number of hydrogen-bond acceptors (Lipinski definition) is 3. The van der Waals surface area contributed by atoms with Crippen molar-refractivity contribution in [1.82, 2.24) is 0 Å². The number of carbonyl (C=O) groups excluding carboxylic acids is 1. The minimum absolute atomic E-state index is 0.202. The van der Waals surface area contributed by atoms with Gasteiger partial charge in [-0.1, -0.05) is 23.7 Å². The second kappa shape index (κ2) is 6.69. The third kappa shape index (κ3) is 3.47. The summed E-state index contributed by atoms with van der Waals surface area (Å²) in [6.07, 6.45) is 7.71. The van der Waals surface area contributed by atoms with Crippen molar-refractivity contribution >= 4 is 47.0 Å². The van der Waals surface area contributed by atoms with Crippen molar-refractivity contribution in [2.45, 2.75) is 12.8 Å². The average molecular weight is 311 g/mol. The summed E-state index contributed by atoms with van der Waals surface area (Å²) in [5.74, 6) is 0.202. The van der Waals surface area contributed by atoms with Crippen LogP contribution in [0, 0.1) is 0 Å². The Morgan fingerprint density at radius 2 is 1.79 bits per heavy atom. The minimum atomic E-state index is 0.202. The van der Waals surface area contributed by atoms with Crippen LogP contribution in [0.1, 0.15) is 18.4 Å². The van der Waals surface area contributed by atoms with Gasteiger partial charge in [0.2, 0.25) is 0 Å². The van der Waals surface area contributed by atoms with Crippen LogP contribution in [-0.2, 0) is 4.79 Å². The van der Waals surface area contributed by atoms with Gasteiger partial charge >= 0.3 is 0 Å². The van der Waals surface area contributed by atoms with Crippen molar-refractivity contribution < 1.29 is 4.79 Å². The van der Waals surface area contributed by atoms with Crippen LogP contribution in [-0.4, -0.2) is 18.3 Å². The van der Waals surface area contributed by atoms with Gasteiger partial charge < -0.3 is 0 Å². The third-order valence-corrected chi connectivity index (χ3v) is 5.52. The van der Waals surface area contributed by atoms with Gasteiger partial charge in [-0.25, -0.2) is 0 Å². The van der Waals surface area contributed by atoms with Gasteiger partial charge in [0.15, 0.2) is 5.78 Å². The summed E-state index contributed by atoms with van der Waals surface area (Å²) in [6, 6.07) is 7.57. The van der Waals surface area contributed by atoms with Crippen molar-refractivity contribution in [2.24, 2.45) is 0 Å². The van der Waals surface area contributed by atoms with Crippen molar-refractivity contribution in [1.29, 1.82) is 0 Å². The largest absolute Gasteiger partial charge is 0.289 e. The van der Waals surface area contributed by atoms with Gasteiger partial charge in [0.1, 0.15) is 0 Å². The van der Waals surface area contributed by atoms with E-state index in [1.807, 2.05) is 42.9 Å².